The van der Waals surface area contributed by atoms with Crippen molar-refractivity contribution in [3.8, 4) is 11.4 Å². The first kappa shape index (κ1) is 16.9. The molecule has 3 N–H and O–H groups in total. The number of H-pyrrole nitrogens is 1. The van der Waals surface area contributed by atoms with Gasteiger partial charge in [-0.05, 0) is 60.7 Å². The topological polar surface area (TPSA) is 54.7 Å². The lowest BCUT2D eigenvalue weighted by Crippen LogP contribution is -1.99. The zero-order chi connectivity index (χ0) is 18.1. The van der Waals surface area contributed by atoms with E-state index in [-0.39, 0.29) is 0 Å². The number of pyridine rings is 1. The van der Waals surface area contributed by atoms with Crippen molar-refractivity contribution in [2.24, 2.45) is 0 Å². The number of aromatic nitrogens is 2. The van der Waals surface area contributed by atoms with Crippen molar-refractivity contribution in [2.45, 2.75) is 19.8 Å². The number of benzene rings is 2. The fourth-order valence-corrected chi connectivity index (χ4v) is 3.88. The minimum atomic E-state index is 0.857. The SMILES string of the molecule is Cc1cc(CCc2ccccc2Br)c(N)c2cc(-c3ccccn3)[nH]c12. The molecular formula is C22H20BrN3. The molecule has 0 fully saturated rings. The smallest absolute Gasteiger partial charge is 0.0864 e. The molecular weight excluding hydrogens is 386 g/mol. The van der Waals surface area contributed by atoms with Gasteiger partial charge in [-0.3, -0.25) is 4.98 Å². The number of nitrogens with two attached hydrogens (primary N) is 1. The third-order valence-corrected chi connectivity index (χ3v) is 5.57. The molecule has 0 bridgehead atoms. The second kappa shape index (κ2) is 6.96. The van der Waals surface area contributed by atoms with E-state index in [1.54, 1.807) is 6.20 Å². The van der Waals surface area contributed by atoms with Crippen LogP contribution in [0.2, 0.25) is 0 Å². The Balaban J connectivity index is 1.71. The first-order valence-electron chi connectivity index (χ1n) is 8.69. The van der Waals surface area contributed by atoms with Crippen LogP contribution < -0.4 is 5.73 Å². The van der Waals surface area contributed by atoms with Gasteiger partial charge in [0.2, 0.25) is 0 Å². The third kappa shape index (κ3) is 3.13. The highest BCUT2D eigenvalue weighted by atomic mass is 79.9. The van der Waals surface area contributed by atoms with E-state index in [1.165, 1.54) is 16.7 Å². The quantitative estimate of drug-likeness (QED) is 0.429. The summed E-state index contributed by atoms with van der Waals surface area (Å²) in [7, 11) is 0. The summed E-state index contributed by atoms with van der Waals surface area (Å²) < 4.78 is 1.15. The zero-order valence-corrected chi connectivity index (χ0v) is 16.2. The van der Waals surface area contributed by atoms with Crippen LogP contribution in [0.3, 0.4) is 0 Å². The van der Waals surface area contributed by atoms with Gasteiger partial charge in [-0.2, -0.15) is 0 Å². The summed E-state index contributed by atoms with van der Waals surface area (Å²) in [5.74, 6) is 0. The Morgan fingerprint density at radius 3 is 2.54 bits per heavy atom. The van der Waals surface area contributed by atoms with Crippen LogP contribution in [0.5, 0.6) is 0 Å². The molecule has 0 amide bonds. The Morgan fingerprint density at radius 2 is 1.77 bits per heavy atom. The van der Waals surface area contributed by atoms with Crippen LogP contribution in [0.25, 0.3) is 22.3 Å². The number of nitrogens with zero attached hydrogens (tertiary/aromatic N) is 1. The number of halogens is 1. The van der Waals surface area contributed by atoms with Gasteiger partial charge in [-0.15, -0.1) is 0 Å². The predicted molar refractivity (Wildman–Crippen MR) is 112 cm³/mol. The summed E-state index contributed by atoms with van der Waals surface area (Å²) in [4.78, 5) is 7.92. The van der Waals surface area contributed by atoms with Gasteiger partial charge in [0.05, 0.1) is 16.9 Å². The number of aryl methyl sites for hydroxylation is 3. The Bertz CT molecular complexity index is 1070. The molecule has 4 heteroatoms. The lowest BCUT2D eigenvalue weighted by atomic mass is 9.98. The molecule has 0 unspecified atom stereocenters. The molecule has 2 aromatic heterocycles. The van der Waals surface area contributed by atoms with Gasteiger partial charge in [-0.25, -0.2) is 0 Å². The van der Waals surface area contributed by atoms with Gasteiger partial charge in [-0.1, -0.05) is 46.3 Å². The van der Waals surface area contributed by atoms with Gasteiger partial charge in [0.1, 0.15) is 0 Å². The molecule has 0 atom stereocenters. The monoisotopic (exact) mass is 405 g/mol. The highest BCUT2D eigenvalue weighted by Crippen LogP contribution is 2.32. The summed E-state index contributed by atoms with van der Waals surface area (Å²) in [5, 5.41) is 1.08. The van der Waals surface area contributed by atoms with Crippen molar-refractivity contribution in [3.05, 3.63) is 82.0 Å². The molecule has 4 rings (SSSR count). The molecule has 26 heavy (non-hydrogen) atoms. The third-order valence-electron chi connectivity index (χ3n) is 4.80. The molecule has 4 aromatic rings. The summed E-state index contributed by atoms with van der Waals surface area (Å²) in [6, 6.07) is 18.6. The van der Waals surface area contributed by atoms with Crippen LogP contribution in [-0.4, -0.2) is 9.97 Å². The number of rotatable bonds is 4. The van der Waals surface area contributed by atoms with E-state index in [4.69, 9.17) is 5.73 Å². The van der Waals surface area contributed by atoms with Crippen LogP contribution in [-0.2, 0) is 12.8 Å². The number of nitrogen functional groups attached to an aromatic ring is 1. The molecule has 2 aromatic carbocycles. The summed E-state index contributed by atoms with van der Waals surface area (Å²) in [6.45, 7) is 2.13. The van der Waals surface area contributed by atoms with Crippen molar-refractivity contribution < 1.29 is 0 Å². The van der Waals surface area contributed by atoms with Crippen molar-refractivity contribution in [2.75, 3.05) is 5.73 Å². The average molecular weight is 406 g/mol. The molecule has 0 aliphatic carbocycles. The molecule has 0 saturated carbocycles. The summed E-state index contributed by atoms with van der Waals surface area (Å²) in [6.07, 6.45) is 3.67. The lowest BCUT2D eigenvalue weighted by molar-refractivity contribution is 0.957. The van der Waals surface area contributed by atoms with Gasteiger partial charge >= 0.3 is 0 Å². The van der Waals surface area contributed by atoms with Crippen LogP contribution in [0.1, 0.15) is 16.7 Å². The van der Waals surface area contributed by atoms with Crippen molar-refractivity contribution in [3.63, 3.8) is 0 Å². The molecule has 130 valence electrons. The van der Waals surface area contributed by atoms with Crippen molar-refractivity contribution in [1.82, 2.24) is 9.97 Å². The fourth-order valence-electron chi connectivity index (χ4n) is 3.40. The summed E-state index contributed by atoms with van der Waals surface area (Å²) in [5.41, 5.74) is 14.1. The Labute approximate surface area is 161 Å². The van der Waals surface area contributed by atoms with Crippen LogP contribution >= 0.6 is 15.9 Å². The highest BCUT2D eigenvalue weighted by molar-refractivity contribution is 9.10. The van der Waals surface area contributed by atoms with E-state index >= 15 is 0 Å². The average Bonchev–Trinajstić information content (AvgIpc) is 3.12. The maximum Gasteiger partial charge on any atom is 0.0864 e. The highest BCUT2D eigenvalue weighted by Gasteiger charge is 2.13. The minimum Gasteiger partial charge on any atom is -0.398 e. The van der Waals surface area contributed by atoms with Gasteiger partial charge in [0.15, 0.2) is 0 Å². The number of fused-ring (bicyclic) bond motifs is 1. The van der Waals surface area contributed by atoms with Crippen molar-refractivity contribution >= 4 is 32.5 Å². The molecule has 0 radical (unpaired) electrons. The Morgan fingerprint density at radius 1 is 1.00 bits per heavy atom. The fraction of sp³-hybridized carbons (Fsp3) is 0.136. The van der Waals surface area contributed by atoms with Gasteiger partial charge in [0.25, 0.3) is 0 Å². The molecule has 0 saturated heterocycles. The van der Waals surface area contributed by atoms with Gasteiger partial charge < -0.3 is 10.7 Å². The van der Waals surface area contributed by atoms with Crippen LogP contribution in [0, 0.1) is 6.92 Å². The number of anilines is 1. The largest absolute Gasteiger partial charge is 0.398 e. The minimum absolute atomic E-state index is 0.857. The molecule has 0 aliphatic heterocycles. The standard InChI is InChI=1S/C22H20BrN3/c1-14-12-16(10-9-15-6-2-3-7-18(15)23)21(24)17-13-20(26-22(14)17)19-8-4-5-11-25-19/h2-8,11-13,26H,9-10,24H2,1H3. The maximum atomic E-state index is 6.53. The first-order chi connectivity index (χ1) is 12.6. The molecule has 0 spiro atoms. The van der Waals surface area contributed by atoms with E-state index in [1.807, 2.05) is 24.3 Å². The van der Waals surface area contributed by atoms with E-state index in [2.05, 4.69) is 63.2 Å². The number of hydrogen-bond acceptors (Lipinski definition) is 2. The van der Waals surface area contributed by atoms with E-state index in [0.29, 0.717) is 0 Å². The Kier molecular flexibility index (Phi) is 4.51. The van der Waals surface area contributed by atoms with Crippen molar-refractivity contribution in [1.29, 1.82) is 0 Å². The number of nitrogens with one attached hydrogen (secondary N) is 1. The zero-order valence-electron chi connectivity index (χ0n) is 14.6. The van der Waals surface area contributed by atoms with Gasteiger partial charge in [0, 0.05) is 21.7 Å². The second-order valence-corrected chi connectivity index (χ2v) is 7.40. The van der Waals surface area contributed by atoms with Crippen LogP contribution in [0.15, 0.2) is 65.3 Å². The van der Waals surface area contributed by atoms with E-state index in [0.717, 1.165) is 45.3 Å². The predicted octanol–water partition coefficient (Wildman–Crippen LogP) is 5.67. The molecule has 0 aliphatic rings. The number of aromatic amines is 1. The first-order valence-corrected chi connectivity index (χ1v) is 9.48. The Hall–Kier alpha value is -2.59. The number of hydrogen-bond donors (Lipinski definition) is 2. The normalized spacial score (nSPS) is 11.2. The molecule has 2 heterocycles. The van der Waals surface area contributed by atoms with E-state index < -0.39 is 0 Å². The van der Waals surface area contributed by atoms with E-state index in [9.17, 15) is 0 Å². The van der Waals surface area contributed by atoms with Crippen LogP contribution in [0.4, 0.5) is 5.69 Å². The second-order valence-electron chi connectivity index (χ2n) is 6.54. The lowest BCUT2D eigenvalue weighted by Gasteiger charge is -2.10. The maximum absolute atomic E-state index is 6.53. The molecule has 3 nitrogen and oxygen atoms in total. The summed E-state index contributed by atoms with van der Waals surface area (Å²) >= 11 is 3.63.